The van der Waals surface area contributed by atoms with Crippen molar-refractivity contribution < 1.29 is 27.9 Å². The zero-order valence-corrected chi connectivity index (χ0v) is 25.0. The normalized spacial score (nSPS) is 17.7. The molecule has 2 aromatic heterocycles. The van der Waals surface area contributed by atoms with E-state index in [1.165, 1.54) is 42.2 Å². The summed E-state index contributed by atoms with van der Waals surface area (Å²) in [5, 5.41) is 5.02. The van der Waals surface area contributed by atoms with E-state index < -0.39 is 29.4 Å². The number of nitrogens with one attached hydrogen (secondary N) is 4. The summed E-state index contributed by atoms with van der Waals surface area (Å²) in [4.78, 5) is 47.2. The number of halogens is 2. The van der Waals surface area contributed by atoms with E-state index in [0.717, 1.165) is 25.3 Å². The average molecular weight is 616 g/mol. The molecule has 2 unspecified atom stereocenters. The molecule has 0 radical (unpaired) electrons. The lowest BCUT2D eigenvalue weighted by molar-refractivity contribution is -0.120. The Morgan fingerprint density at radius 3 is 2.65 bits per heavy atom. The maximum atomic E-state index is 13.7. The number of hydrazine groups is 1. The number of thioether (sulfide) groups is 1. The third-order valence-electron chi connectivity index (χ3n) is 6.71. The van der Waals surface area contributed by atoms with Crippen molar-refractivity contribution in [3.8, 4) is 28.7 Å². The second kappa shape index (κ2) is 15.1. The van der Waals surface area contributed by atoms with Gasteiger partial charge in [-0.15, -0.1) is 0 Å². The van der Waals surface area contributed by atoms with Gasteiger partial charge in [0.1, 0.15) is 28.1 Å². The number of ether oxygens (including phenoxy) is 1. The summed E-state index contributed by atoms with van der Waals surface area (Å²) >= 11 is 1.38. The summed E-state index contributed by atoms with van der Waals surface area (Å²) in [6.45, 7) is 4.16. The van der Waals surface area contributed by atoms with Crippen LogP contribution in [-0.4, -0.2) is 59.3 Å². The monoisotopic (exact) mass is 615 g/mol. The molecule has 4 N–H and O–H groups in total. The predicted molar refractivity (Wildman–Crippen MR) is 159 cm³/mol. The summed E-state index contributed by atoms with van der Waals surface area (Å²) in [6.07, 6.45) is 3.71. The van der Waals surface area contributed by atoms with Crippen LogP contribution in [0.1, 0.15) is 62.0 Å². The van der Waals surface area contributed by atoms with Crippen molar-refractivity contribution in [3.05, 3.63) is 35.8 Å². The number of methoxy groups -OCH3 is 1. The highest BCUT2D eigenvalue weighted by molar-refractivity contribution is 8.00. The van der Waals surface area contributed by atoms with E-state index in [0.29, 0.717) is 31.2 Å². The average Bonchev–Trinajstić information content (AvgIpc) is 3.73. The molecular formula is C29H35F2N7O4S. The molecule has 4 rings (SSSR count). The fourth-order valence-corrected chi connectivity index (χ4v) is 5.17. The highest BCUT2D eigenvalue weighted by Crippen LogP contribution is 2.36. The van der Waals surface area contributed by atoms with E-state index >= 15 is 0 Å². The first kappa shape index (κ1) is 32.1. The molecule has 43 heavy (non-hydrogen) atoms. The standard InChI is InChI=1S/C29H35F2N7O4S/c1-17(2)5-4-10-38(26(40)15-32-16-39)24-12-19(20-11-22(27(30)31)33-14-23(20)42-3)21(13-34-24)28(41)35-29-37-36-25(43-29)9-8-18-6-7-18/h11-14,16-18,25,27,29,36-37H,4-7,10,15H2,1-3H3,(H,32,39)(H,35,41). The number of nitrogens with zero attached hydrogens (tertiary/aromatic N) is 3. The van der Waals surface area contributed by atoms with Gasteiger partial charge in [0.15, 0.2) is 0 Å². The predicted octanol–water partition coefficient (Wildman–Crippen LogP) is 3.20. The molecular weight excluding hydrogens is 580 g/mol. The molecule has 1 aliphatic carbocycles. The molecule has 2 aromatic rings. The first-order valence-corrected chi connectivity index (χ1v) is 14.9. The van der Waals surface area contributed by atoms with Crippen LogP contribution < -0.4 is 31.1 Å². The molecule has 3 amide bonds. The lowest BCUT2D eigenvalue weighted by Gasteiger charge is -2.24. The molecule has 11 nitrogen and oxygen atoms in total. The minimum atomic E-state index is -2.87. The van der Waals surface area contributed by atoms with Gasteiger partial charge in [-0.1, -0.05) is 37.5 Å². The maximum Gasteiger partial charge on any atom is 0.280 e. The number of carbonyl (C=O) groups excluding carboxylic acids is 3. The number of hydrogen-bond donors (Lipinski definition) is 4. The number of alkyl halides is 2. The Hall–Kier alpha value is -3.80. The van der Waals surface area contributed by atoms with Gasteiger partial charge in [0, 0.05) is 29.8 Å². The number of aromatic nitrogens is 2. The van der Waals surface area contributed by atoms with Crippen molar-refractivity contribution in [1.82, 2.24) is 31.5 Å². The van der Waals surface area contributed by atoms with Gasteiger partial charge in [0.2, 0.25) is 12.3 Å². The third-order valence-corrected chi connectivity index (χ3v) is 7.73. The zero-order valence-electron chi connectivity index (χ0n) is 24.2. The van der Waals surface area contributed by atoms with Crippen LogP contribution in [0.5, 0.6) is 5.75 Å². The zero-order chi connectivity index (χ0) is 30.9. The Balaban J connectivity index is 1.70. The third kappa shape index (κ3) is 8.85. The molecule has 1 saturated carbocycles. The van der Waals surface area contributed by atoms with Crippen molar-refractivity contribution in [2.45, 2.75) is 56.8 Å². The lowest BCUT2D eigenvalue weighted by atomic mass is 9.99. The van der Waals surface area contributed by atoms with E-state index in [9.17, 15) is 23.2 Å². The molecule has 14 heteroatoms. The Morgan fingerprint density at radius 2 is 1.98 bits per heavy atom. The van der Waals surface area contributed by atoms with Gasteiger partial charge in [-0.3, -0.25) is 24.3 Å². The van der Waals surface area contributed by atoms with Crippen LogP contribution in [-0.2, 0) is 9.59 Å². The maximum absolute atomic E-state index is 13.7. The number of hydrogen-bond acceptors (Lipinski definition) is 9. The molecule has 2 fully saturated rings. The van der Waals surface area contributed by atoms with Gasteiger partial charge in [-0.05, 0) is 43.7 Å². The molecule has 1 saturated heterocycles. The molecule has 230 valence electrons. The van der Waals surface area contributed by atoms with Gasteiger partial charge < -0.3 is 15.4 Å². The SMILES string of the molecule is COc1cnc(C(F)F)cc1-c1cc(N(CCCC(C)C)C(=O)CNC=O)ncc1C(=O)NC1NNC(C#CC2CC2)S1. The first-order chi connectivity index (χ1) is 20.7. The Bertz CT molecular complexity index is 1380. The summed E-state index contributed by atoms with van der Waals surface area (Å²) < 4.78 is 32.8. The van der Waals surface area contributed by atoms with Gasteiger partial charge >= 0.3 is 0 Å². The van der Waals surface area contributed by atoms with Crippen LogP contribution in [0.15, 0.2) is 24.5 Å². The highest BCUT2D eigenvalue weighted by Gasteiger charge is 2.28. The molecule has 1 aliphatic heterocycles. The van der Waals surface area contributed by atoms with E-state index in [4.69, 9.17) is 4.74 Å². The summed E-state index contributed by atoms with van der Waals surface area (Å²) in [7, 11) is 1.37. The smallest absolute Gasteiger partial charge is 0.280 e. The largest absolute Gasteiger partial charge is 0.494 e. The Labute approximate surface area is 253 Å². The number of carbonyl (C=O) groups is 3. The fourth-order valence-electron chi connectivity index (χ4n) is 4.31. The van der Waals surface area contributed by atoms with Crippen LogP contribution in [0.2, 0.25) is 0 Å². The van der Waals surface area contributed by atoms with Crippen LogP contribution >= 0.6 is 11.8 Å². The molecule has 2 aliphatic rings. The number of rotatable bonds is 13. The molecule has 0 aromatic carbocycles. The second-order valence-electron chi connectivity index (χ2n) is 10.5. The van der Waals surface area contributed by atoms with Crippen molar-refractivity contribution in [2.75, 3.05) is 25.1 Å². The van der Waals surface area contributed by atoms with E-state index in [-0.39, 0.29) is 40.2 Å². The van der Waals surface area contributed by atoms with E-state index in [1.54, 1.807) is 0 Å². The number of amides is 3. The van der Waals surface area contributed by atoms with Crippen LogP contribution in [0, 0.1) is 23.7 Å². The molecule has 0 spiro atoms. The minimum absolute atomic E-state index is 0.0731. The van der Waals surface area contributed by atoms with Gasteiger partial charge in [0.25, 0.3) is 12.3 Å². The molecule has 0 bridgehead atoms. The van der Waals surface area contributed by atoms with E-state index in [1.807, 2.05) is 0 Å². The summed E-state index contributed by atoms with van der Waals surface area (Å²) in [5.74, 6) is 6.55. The van der Waals surface area contributed by atoms with Crippen LogP contribution in [0.3, 0.4) is 0 Å². The summed E-state index contributed by atoms with van der Waals surface area (Å²) in [5.41, 5.74) is 5.46. The van der Waals surface area contributed by atoms with E-state index in [2.05, 4.69) is 57.1 Å². The minimum Gasteiger partial charge on any atom is -0.494 e. The van der Waals surface area contributed by atoms with Gasteiger partial charge in [0.05, 0.1) is 25.4 Å². The van der Waals surface area contributed by atoms with Gasteiger partial charge in [-0.2, -0.15) is 0 Å². The van der Waals surface area contributed by atoms with Crippen molar-refractivity contribution in [1.29, 1.82) is 0 Å². The number of pyridine rings is 2. The second-order valence-corrected chi connectivity index (χ2v) is 11.7. The number of anilines is 1. The van der Waals surface area contributed by atoms with Crippen LogP contribution in [0.25, 0.3) is 11.1 Å². The van der Waals surface area contributed by atoms with Gasteiger partial charge in [-0.25, -0.2) is 24.6 Å². The van der Waals surface area contributed by atoms with Crippen molar-refractivity contribution in [2.24, 2.45) is 11.8 Å². The lowest BCUT2D eigenvalue weighted by Crippen LogP contribution is -2.43. The Kier molecular flexibility index (Phi) is 11.3. The van der Waals surface area contributed by atoms with Crippen molar-refractivity contribution >= 4 is 35.8 Å². The molecule has 2 atom stereocenters. The molecule has 3 heterocycles. The Morgan fingerprint density at radius 1 is 1.19 bits per heavy atom. The van der Waals surface area contributed by atoms with Crippen molar-refractivity contribution in [3.63, 3.8) is 0 Å². The van der Waals surface area contributed by atoms with Crippen LogP contribution in [0.4, 0.5) is 14.6 Å². The highest BCUT2D eigenvalue weighted by atomic mass is 32.2. The first-order valence-electron chi connectivity index (χ1n) is 14.0. The summed E-state index contributed by atoms with van der Waals surface area (Å²) in [6, 6.07) is 2.65. The fraction of sp³-hybridized carbons (Fsp3) is 0.483. The topological polar surface area (TPSA) is 138 Å². The quantitative estimate of drug-likeness (QED) is 0.198.